The highest BCUT2D eigenvalue weighted by molar-refractivity contribution is 6.34. The lowest BCUT2D eigenvalue weighted by Crippen LogP contribution is -2.34. The second-order valence-electron chi connectivity index (χ2n) is 4.32. The first-order chi connectivity index (χ1) is 9.09. The molecule has 0 bridgehead atoms. The summed E-state index contributed by atoms with van der Waals surface area (Å²) in [7, 11) is 0. The van der Waals surface area contributed by atoms with Crippen molar-refractivity contribution in [3.05, 3.63) is 38.9 Å². The molecule has 1 amide bonds. The molecule has 1 aromatic rings. The van der Waals surface area contributed by atoms with Gasteiger partial charge in [0.2, 0.25) is 0 Å². The van der Waals surface area contributed by atoms with Crippen molar-refractivity contribution in [1.82, 2.24) is 10.2 Å². The van der Waals surface area contributed by atoms with Crippen molar-refractivity contribution in [3.8, 4) is 0 Å². The van der Waals surface area contributed by atoms with Gasteiger partial charge in [-0.25, -0.2) is 0 Å². The molecule has 102 valence electrons. The predicted molar refractivity (Wildman–Crippen MR) is 71.5 cm³/mol. The number of non-ortho nitro benzene ring substituents is 1. The number of carbonyl (C=O) groups excluding carboxylic acids is 1. The lowest BCUT2D eigenvalue weighted by Gasteiger charge is -2.20. The summed E-state index contributed by atoms with van der Waals surface area (Å²) in [6.45, 7) is 2.92. The molecule has 0 unspecified atom stereocenters. The van der Waals surface area contributed by atoms with Crippen LogP contribution in [0.3, 0.4) is 0 Å². The Morgan fingerprint density at radius 1 is 1.37 bits per heavy atom. The van der Waals surface area contributed by atoms with Crippen molar-refractivity contribution in [2.45, 2.75) is 6.42 Å². The number of nitro benzene ring substituents is 1. The molecule has 0 atom stereocenters. The van der Waals surface area contributed by atoms with E-state index in [0.29, 0.717) is 18.7 Å². The fourth-order valence-corrected chi connectivity index (χ4v) is 2.27. The van der Waals surface area contributed by atoms with Gasteiger partial charge < -0.3 is 10.2 Å². The minimum Gasteiger partial charge on any atom is -0.337 e. The van der Waals surface area contributed by atoms with Gasteiger partial charge in [0, 0.05) is 31.8 Å². The Morgan fingerprint density at radius 2 is 2.16 bits per heavy atom. The maximum absolute atomic E-state index is 12.3. The Morgan fingerprint density at radius 3 is 2.84 bits per heavy atom. The lowest BCUT2D eigenvalue weighted by molar-refractivity contribution is -0.384. The first-order valence-corrected chi connectivity index (χ1v) is 6.41. The maximum atomic E-state index is 12.3. The molecule has 1 aromatic carbocycles. The predicted octanol–water partition coefficient (Wildman–Crippen LogP) is 1.68. The van der Waals surface area contributed by atoms with Crippen LogP contribution in [-0.4, -0.2) is 41.9 Å². The fourth-order valence-electron chi connectivity index (χ4n) is 2.01. The van der Waals surface area contributed by atoms with Gasteiger partial charge in [0.15, 0.2) is 0 Å². The molecule has 1 aliphatic rings. The third-order valence-electron chi connectivity index (χ3n) is 3.02. The summed E-state index contributed by atoms with van der Waals surface area (Å²) < 4.78 is 0. The SMILES string of the molecule is O=C(c1ccc([N+](=O)[O-])cc1Cl)N1CCCNCC1. The van der Waals surface area contributed by atoms with E-state index in [-0.39, 0.29) is 16.6 Å². The van der Waals surface area contributed by atoms with Gasteiger partial charge in [-0.1, -0.05) is 11.6 Å². The van der Waals surface area contributed by atoms with Crippen LogP contribution in [0.25, 0.3) is 0 Å². The average Bonchev–Trinajstić information content (AvgIpc) is 2.66. The third-order valence-corrected chi connectivity index (χ3v) is 3.33. The summed E-state index contributed by atoms with van der Waals surface area (Å²) in [6, 6.07) is 3.93. The van der Waals surface area contributed by atoms with Crippen LogP contribution in [0, 0.1) is 10.1 Å². The van der Waals surface area contributed by atoms with Crippen LogP contribution in [0.2, 0.25) is 5.02 Å². The molecular formula is C12H14ClN3O3. The van der Waals surface area contributed by atoms with E-state index in [4.69, 9.17) is 11.6 Å². The molecule has 0 aliphatic carbocycles. The molecule has 1 fully saturated rings. The zero-order valence-electron chi connectivity index (χ0n) is 10.3. The van der Waals surface area contributed by atoms with Crippen molar-refractivity contribution in [2.75, 3.05) is 26.2 Å². The summed E-state index contributed by atoms with van der Waals surface area (Å²) in [5.41, 5.74) is 0.202. The van der Waals surface area contributed by atoms with Gasteiger partial charge in [-0.2, -0.15) is 0 Å². The molecule has 7 heteroatoms. The van der Waals surface area contributed by atoms with Gasteiger partial charge in [-0.3, -0.25) is 14.9 Å². The second-order valence-corrected chi connectivity index (χ2v) is 4.72. The number of nitrogens with one attached hydrogen (secondary N) is 1. The van der Waals surface area contributed by atoms with E-state index in [0.717, 1.165) is 19.5 Å². The number of amides is 1. The minimum atomic E-state index is -0.532. The normalized spacial score (nSPS) is 15.9. The second kappa shape index (κ2) is 5.99. The Labute approximate surface area is 115 Å². The van der Waals surface area contributed by atoms with Gasteiger partial charge in [-0.05, 0) is 19.0 Å². The number of rotatable bonds is 2. The first kappa shape index (κ1) is 13.8. The minimum absolute atomic E-state index is 0.112. The zero-order chi connectivity index (χ0) is 13.8. The van der Waals surface area contributed by atoms with Crippen LogP contribution >= 0.6 is 11.6 Å². The molecule has 1 heterocycles. The molecule has 1 saturated heterocycles. The third kappa shape index (κ3) is 3.21. The highest BCUT2D eigenvalue weighted by Crippen LogP contribution is 2.23. The summed E-state index contributed by atoms with van der Waals surface area (Å²) in [5.74, 6) is -0.177. The largest absolute Gasteiger partial charge is 0.337 e. The lowest BCUT2D eigenvalue weighted by atomic mass is 10.1. The highest BCUT2D eigenvalue weighted by atomic mass is 35.5. The van der Waals surface area contributed by atoms with E-state index in [1.54, 1.807) is 4.90 Å². The monoisotopic (exact) mass is 283 g/mol. The average molecular weight is 284 g/mol. The first-order valence-electron chi connectivity index (χ1n) is 6.03. The van der Waals surface area contributed by atoms with Crippen LogP contribution in [0.5, 0.6) is 0 Å². The van der Waals surface area contributed by atoms with E-state index < -0.39 is 4.92 Å². The molecule has 0 radical (unpaired) electrons. The van der Waals surface area contributed by atoms with Crippen molar-refractivity contribution < 1.29 is 9.72 Å². The highest BCUT2D eigenvalue weighted by Gasteiger charge is 2.21. The van der Waals surface area contributed by atoms with E-state index >= 15 is 0 Å². The fraction of sp³-hybridized carbons (Fsp3) is 0.417. The topological polar surface area (TPSA) is 75.5 Å². The van der Waals surface area contributed by atoms with E-state index in [9.17, 15) is 14.9 Å². The van der Waals surface area contributed by atoms with Crippen LogP contribution in [0.1, 0.15) is 16.8 Å². The van der Waals surface area contributed by atoms with Crippen molar-refractivity contribution in [1.29, 1.82) is 0 Å². The Hall–Kier alpha value is -1.66. The van der Waals surface area contributed by atoms with E-state index in [1.165, 1.54) is 18.2 Å². The van der Waals surface area contributed by atoms with E-state index in [2.05, 4.69) is 5.32 Å². The number of hydrogen-bond donors (Lipinski definition) is 1. The smallest absolute Gasteiger partial charge is 0.270 e. The van der Waals surface area contributed by atoms with Crippen LogP contribution in [-0.2, 0) is 0 Å². The molecule has 19 heavy (non-hydrogen) atoms. The Balaban J connectivity index is 2.20. The summed E-state index contributed by atoms with van der Waals surface area (Å²) in [4.78, 5) is 24.1. The molecule has 1 aliphatic heterocycles. The summed E-state index contributed by atoms with van der Waals surface area (Å²) in [5, 5.41) is 14.0. The van der Waals surface area contributed by atoms with E-state index in [1.807, 2.05) is 0 Å². The van der Waals surface area contributed by atoms with Gasteiger partial charge >= 0.3 is 0 Å². The molecule has 0 aromatic heterocycles. The van der Waals surface area contributed by atoms with Crippen LogP contribution in [0.15, 0.2) is 18.2 Å². The molecule has 1 N–H and O–H groups in total. The molecule has 6 nitrogen and oxygen atoms in total. The van der Waals surface area contributed by atoms with Gasteiger partial charge in [0.05, 0.1) is 15.5 Å². The van der Waals surface area contributed by atoms with Gasteiger partial charge in [0.25, 0.3) is 11.6 Å². The number of halogens is 1. The van der Waals surface area contributed by atoms with Crippen molar-refractivity contribution in [2.24, 2.45) is 0 Å². The standard InChI is InChI=1S/C12H14ClN3O3/c13-11-8-9(16(18)19)2-3-10(11)12(17)15-6-1-4-14-5-7-15/h2-3,8,14H,1,4-7H2. The van der Waals surface area contributed by atoms with Crippen LogP contribution in [0.4, 0.5) is 5.69 Å². The molecular weight excluding hydrogens is 270 g/mol. The van der Waals surface area contributed by atoms with Gasteiger partial charge in [0.1, 0.15) is 0 Å². The van der Waals surface area contributed by atoms with Crippen LogP contribution < -0.4 is 5.32 Å². The number of hydrogen-bond acceptors (Lipinski definition) is 4. The molecule has 2 rings (SSSR count). The zero-order valence-corrected chi connectivity index (χ0v) is 11.0. The quantitative estimate of drug-likeness (QED) is 0.662. The summed E-state index contributed by atoms with van der Waals surface area (Å²) in [6.07, 6.45) is 0.885. The maximum Gasteiger partial charge on any atom is 0.270 e. The number of nitro groups is 1. The van der Waals surface area contributed by atoms with Gasteiger partial charge in [-0.15, -0.1) is 0 Å². The molecule has 0 saturated carbocycles. The Bertz CT molecular complexity index is 499. The Kier molecular flexibility index (Phi) is 4.34. The number of carbonyl (C=O) groups is 1. The summed E-state index contributed by atoms with van der Waals surface area (Å²) >= 11 is 5.96. The number of benzene rings is 1. The van der Waals surface area contributed by atoms with Crippen molar-refractivity contribution in [3.63, 3.8) is 0 Å². The molecule has 0 spiro atoms. The van der Waals surface area contributed by atoms with Crippen molar-refractivity contribution >= 4 is 23.2 Å². The number of nitrogens with zero attached hydrogens (tertiary/aromatic N) is 2.